The van der Waals surface area contributed by atoms with Gasteiger partial charge in [0.2, 0.25) is 5.91 Å². The molecule has 2 aromatic carbocycles. The summed E-state index contributed by atoms with van der Waals surface area (Å²) in [6.45, 7) is 2.16. The first-order valence-corrected chi connectivity index (χ1v) is 11.3. The molecule has 0 bridgehead atoms. The van der Waals surface area contributed by atoms with Gasteiger partial charge in [0.25, 0.3) is 0 Å². The number of aromatic nitrogens is 1. The smallest absolute Gasteiger partial charge is 0.305 e. The second-order valence-corrected chi connectivity index (χ2v) is 10.1. The highest BCUT2D eigenvalue weighted by atomic mass is 35.5. The number of fused-ring (bicyclic) bond motifs is 2. The van der Waals surface area contributed by atoms with Gasteiger partial charge in [-0.25, -0.2) is 4.98 Å². The van der Waals surface area contributed by atoms with Gasteiger partial charge >= 0.3 is 5.97 Å². The second-order valence-electron chi connectivity index (χ2n) is 6.54. The first-order chi connectivity index (χ1) is 13.7. The zero-order valence-corrected chi connectivity index (χ0v) is 18.8. The third-order valence-electron chi connectivity index (χ3n) is 4.44. The van der Waals surface area contributed by atoms with Crippen molar-refractivity contribution in [2.24, 2.45) is 0 Å². The maximum Gasteiger partial charge on any atom is 0.305 e. The molecule has 1 amide bonds. The number of amides is 1. The number of carbonyl (C=O) groups is 2. The van der Waals surface area contributed by atoms with Crippen molar-refractivity contribution in [3.8, 4) is 0 Å². The van der Waals surface area contributed by atoms with Crippen LogP contribution >= 0.6 is 57.9 Å². The summed E-state index contributed by atoms with van der Waals surface area (Å²) in [5.41, 5.74) is 2.32. The van der Waals surface area contributed by atoms with E-state index in [1.165, 1.54) is 23.1 Å². The summed E-state index contributed by atoms with van der Waals surface area (Å²) in [4.78, 5) is 31.3. The van der Waals surface area contributed by atoms with E-state index in [2.05, 4.69) is 4.98 Å². The molecular weight excluding hydrogens is 475 g/mol. The normalized spacial score (nSPS) is 16.3. The van der Waals surface area contributed by atoms with E-state index in [4.69, 9.17) is 34.8 Å². The molecule has 1 aliphatic rings. The molecule has 0 fully saturated rings. The van der Waals surface area contributed by atoms with Crippen LogP contribution in [0.3, 0.4) is 0 Å². The summed E-state index contributed by atoms with van der Waals surface area (Å²) in [7, 11) is 0. The van der Waals surface area contributed by atoms with Crippen molar-refractivity contribution < 1.29 is 14.7 Å². The lowest BCUT2D eigenvalue weighted by atomic mass is 10.1. The average molecular weight is 488 g/mol. The summed E-state index contributed by atoms with van der Waals surface area (Å²) < 4.78 is 0.768. The number of hydrogen-bond acceptors (Lipinski definition) is 5. The van der Waals surface area contributed by atoms with Gasteiger partial charge in [-0.05, 0) is 30.7 Å². The molecular formula is C19H13Cl3N2O3S2. The van der Waals surface area contributed by atoms with Gasteiger partial charge < -0.3 is 10.0 Å². The molecule has 29 heavy (non-hydrogen) atoms. The molecule has 4 rings (SSSR count). The highest BCUT2D eigenvalue weighted by molar-refractivity contribution is 8.01. The van der Waals surface area contributed by atoms with E-state index in [9.17, 15) is 14.7 Å². The van der Waals surface area contributed by atoms with E-state index in [0.29, 0.717) is 15.5 Å². The maximum atomic E-state index is 13.1. The van der Waals surface area contributed by atoms with Crippen LogP contribution in [0.5, 0.6) is 0 Å². The van der Waals surface area contributed by atoms with Crippen LogP contribution in [-0.2, 0) is 16.1 Å². The molecule has 1 aromatic heterocycles. The van der Waals surface area contributed by atoms with Gasteiger partial charge in [-0.3, -0.25) is 9.59 Å². The lowest BCUT2D eigenvalue weighted by molar-refractivity contribution is -0.138. The van der Waals surface area contributed by atoms with Crippen molar-refractivity contribution in [1.29, 1.82) is 0 Å². The standard InChI is InChI=1S/C19H13Cl3N2O3S2/c1-8-2-3-10-11(4-8)28-13(6-15(25)26)19(27)24(10)7-14-23-18-12(29-14)5-9(20)16(21)17(18)22/h2-5,13H,6-7H2,1H3,(H,25,26). The first-order valence-electron chi connectivity index (χ1n) is 8.48. The van der Waals surface area contributed by atoms with E-state index < -0.39 is 11.2 Å². The summed E-state index contributed by atoms with van der Waals surface area (Å²) >= 11 is 21.1. The summed E-state index contributed by atoms with van der Waals surface area (Å²) in [5, 5.41) is 10.0. The number of thioether (sulfide) groups is 1. The second kappa shape index (κ2) is 7.96. The number of benzene rings is 2. The van der Waals surface area contributed by atoms with Gasteiger partial charge in [-0.2, -0.15) is 0 Å². The van der Waals surface area contributed by atoms with Crippen molar-refractivity contribution in [1.82, 2.24) is 4.98 Å². The number of carbonyl (C=O) groups excluding carboxylic acids is 1. The number of thiazole rings is 1. The van der Waals surface area contributed by atoms with Crippen LogP contribution in [0.4, 0.5) is 5.69 Å². The zero-order valence-electron chi connectivity index (χ0n) is 14.9. The molecule has 10 heteroatoms. The number of aliphatic carboxylic acids is 1. The highest BCUT2D eigenvalue weighted by Gasteiger charge is 2.35. The van der Waals surface area contributed by atoms with Gasteiger partial charge in [0.15, 0.2) is 0 Å². The minimum absolute atomic E-state index is 0.205. The molecule has 150 valence electrons. The monoisotopic (exact) mass is 486 g/mol. The minimum Gasteiger partial charge on any atom is -0.481 e. The first kappa shape index (κ1) is 20.8. The average Bonchev–Trinajstić information content (AvgIpc) is 3.05. The summed E-state index contributed by atoms with van der Waals surface area (Å²) in [6, 6.07) is 7.46. The molecule has 1 unspecified atom stereocenters. The van der Waals surface area contributed by atoms with Crippen LogP contribution in [-0.4, -0.2) is 27.2 Å². The fourth-order valence-corrected chi connectivity index (χ4v) is 6.19. The Kier molecular flexibility index (Phi) is 5.70. The van der Waals surface area contributed by atoms with E-state index in [1.54, 1.807) is 11.0 Å². The molecule has 0 saturated heterocycles. The van der Waals surface area contributed by atoms with Gasteiger partial charge in [-0.1, -0.05) is 40.9 Å². The van der Waals surface area contributed by atoms with Crippen molar-refractivity contribution in [2.45, 2.75) is 30.0 Å². The molecule has 0 spiro atoms. The Morgan fingerprint density at radius 3 is 2.72 bits per heavy atom. The maximum absolute atomic E-state index is 13.1. The number of aryl methyl sites for hydroxylation is 1. The van der Waals surface area contributed by atoms with Crippen molar-refractivity contribution in [3.63, 3.8) is 0 Å². The Hall–Kier alpha value is -1.51. The Bertz CT molecular complexity index is 1170. The topological polar surface area (TPSA) is 70.5 Å². The number of carboxylic acid groups (broad SMARTS) is 1. The van der Waals surface area contributed by atoms with Gasteiger partial charge in [0.1, 0.15) is 10.5 Å². The number of hydrogen-bond donors (Lipinski definition) is 1. The SMILES string of the molecule is Cc1ccc2c(c1)SC(CC(=O)O)C(=O)N2Cc1nc2c(Cl)c(Cl)c(Cl)cc2s1. The van der Waals surface area contributed by atoms with E-state index in [1.807, 2.05) is 25.1 Å². The lowest BCUT2D eigenvalue weighted by Crippen LogP contribution is -2.41. The van der Waals surface area contributed by atoms with Crippen LogP contribution in [0.15, 0.2) is 29.2 Å². The molecule has 2 heterocycles. The summed E-state index contributed by atoms with van der Waals surface area (Å²) in [6.07, 6.45) is -0.246. The van der Waals surface area contributed by atoms with Gasteiger partial charge in [-0.15, -0.1) is 23.1 Å². The van der Waals surface area contributed by atoms with E-state index in [0.717, 1.165) is 20.8 Å². The van der Waals surface area contributed by atoms with Gasteiger partial charge in [0, 0.05) is 4.90 Å². The minimum atomic E-state index is -1.01. The fourth-order valence-electron chi connectivity index (χ4n) is 3.11. The van der Waals surface area contributed by atoms with Crippen molar-refractivity contribution in [3.05, 3.63) is 49.9 Å². The highest BCUT2D eigenvalue weighted by Crippen LogP contribution is 2.43. The molecule has 0 saturated carbocycles. The van der Waals surface area contributed by atoms with Crippen LogP contribution in [0.2, 0.25) is 15.1 Å². The Labute approximate surface area is 189 Å². The Morgan fingerprint density at radius 1 is 1.24 bits per heavy atom. The zero-order chi connectivity index (χ0) is 20.9. The number of carboxylic acids is 1. The van der Waals surface area contributed by atoms with Crippen LogP contribution in [0.1, 0.15) is 17.0 Å². The third-order valence-corrected chi connectivity index (χ3v) is 7.91. The van der Waals surface area contributed by atoms with Crippen LogP contribution < -0.4 is 4.90 Å². The molecule has 1 aliphatic heterocycles. The van der Waals surface area contributed by atoms with E-state index >= 15 is 0 Å². The van der Waals surface area contributed by atoms with Crippen molar-refractivity contribution >= 4 is 85.7 Å². The molecule has 0 aliphatic carbocycles. The number of anilines is 1. The molecule has 5 nitrogen and oxygen atoms in total. The predicted octanol–water partition coefficient (Wildman–Crippen LogP) is 6.05. The summed E-state index contributed by atoms with van der Waals surface area (Å²) in [5.74, 6) is -1.27. The number of nitrogens with zero attached hydrogens (tertiary/aromatic N) is 2. The van der Waals surface area contributed by atoms with Crippen LogP contribution in [0.25, 0.3) is 10.2 Å². The predicted molar refractivity (Wildman–Crippen MR) is 119 cm³/mol. The van der Waals surface area contributed by atoms with E-state index in [-0.39, 0.29) is 28.9 Å². The quantitative estimate of drug-likeness (QED) is 0.454. The van der Waals surface area contributed by atoms with Crippen molar-refractivity contribution in [2.75, 3.05) is 4.90 Å². The lowest BCUT2D eigenvalue weighted by Gasteiger charge is -2.33. The number of rotatable bonds is 4. The Morgan fingerprint density at radius 2 is 2.00 bits per heavy atom. The molecule has 1 N–H and O–H groups in total. The largest absolute Gasteiger partial charge is 0.481 e. The molecule has 0 radical (unpaired) electrons. The van der Waals surface area contributed by atoms with Crippen LogP contribution in [0, 0.1) is 6.92 Å². The number of halogens is 3. The molecule has 3 aromatic rings. The fraction of sp³-hybridized carbons (Fsp3) is 0.211. The third kappa shape index (κ3) is 3.94. The Balaban J connectivity index is 1.75. The van der Waals surface area contributed by atoms with Gasteiger partial charge in [0.05, 0.1) is 43.7 Å². The molecule has 1 atom stereocenters.